The minimum Gasteiger partial charge on any atom is -0.490 e. The molecule has 1 amide bonds. The lowest BCUT2D eigenvalue weighted by molar-refractivity contribution is 0.0735. The summed E-state index contributed by atoms with van der Waals surface area (Å²) in [6.45, 7) is 1.71. The van der Waals surface area contributed by atoms with E-state index < -0.39 is 10.0 Å². The molecule has 7 nitrogen and oxygen atoms in total. The first-order valence-electron chi connectivity index (χ1n) is 10.2. The predicted molar refractivity (Wildman–Crippen MR) is 116 cm³/mol. The van der Waals surface area contributed by atoms with Crippen LogP contribution >= 0.6 is 0 Å². The second-order valence-electron chi connectivity index (χ2n) is 7.47. The minimum absolute atomic E-state index is 0.0138. The predicted octanol–water partition coefficient (Wildman–Crippen LogP) is 2.74. The Balaban J connectivity index is 1.58. The summed E-state index contributed by atoms with van der Waals surface area (Å²) in [4.78, 5) is 15.1. The van der Waals surface area contributed by atoms with Crippen LogP contribution in [0.1, 0.15) is 41.2 Å². The number of nitrogens with zero attached hydrogens (tertiary/aromatic N) is 1. The van der Waals surface area contributed by atoms with Crippen LogP contribution in [0, 0.1) is 12.3 Å². The van der Waals surface area contributed by atoms with E-state index in [1.807, 2.05) is 18.2 Å². The minimum atomic E-state index is -3.78. The fourth-order valence-electron chi connectivity index (χ4n) is 3.93. The summed E-state index contributed by atoms with van der Waals surface area (Å²) in [5.41, 5.74) is 1.30. The van der Waals surface area contributed by atoms with Crippen LogP contribution in [0.4, 0.5) is 0 Å². The first kappa shape index (κ1) is 21.2. The van der Waals surface area contributed by atoms with Crippen molar-refractivity contribution in [3.05, 3.63) is 53.6 Å². The van der Waals surface area contributed by atoms with Crippen LogP contribution in [0.3, 0.4) is 0 Å². The molecule has 0 radical (unpaired) electrons. The molecule has 0 spiro atoms. The van der Waals surface area contributed by atoms with Crippen molar-refractivity contribution in [2.75, 3.05) is 26.3 Å². The number of rotatable bonds is 5. The first-order chi connectivity index (χ1) is 15.0. The van der Waals surface area contributed by atoms with Gasteiger partial charge in [-0.25, -0.2) is 8.42 Å². The monoisotopic (exact) mass is 440 g/mol. The van der Waals surface area contributed by atoms with E-state index in [0.29, 0.717) is 31.1 Å². The maximum Gasteiger partial charge on any atom is 0.254 e. The summed E-state index contributed by atoms with van der Waals surface area (Å²) in [5, 5.41) is 0. The van der Waals surface area contributed by atoms with Crippen LogP contribution in [0.25, 0.3) is 0 Å². The molecule has 0 aromatic heterocycles. The largest absolute Gasteiger partial charge is 0.490 e. The highest BCUT2D eigenvalue weighted by Crippen LogP contribution is 2.38. The average Bonchev–Trinajstić information content (AvgIpc) is 3.16. The SMILES string of the molecule is C#CCNS(=O)(=O)c1cccc(C(=O)N2CCCC2c2ccc3c(c2)OCCCO3)c1. The van der Waals surface area contributed by atoms with Crippen molar-refractivity contribution in [2.45, 2.75) is 30.2 Å². The van der Waals surface area contributed by atoms with Gasteiger partial charge in [-0.05, 0) is 48.7 Å². The number of terminal acetylenes is 1. The van der Waals surface area contributed by atoms with Crippen LogP contribution in [-0.4, -0.2) is 45.5 Å². The molecule has 2 aromatic rings. The summed E-state index contributed by atoms with van der Waals surface area (Å²) < 4.78 is 38.6. The topological polar surface area (TPSA) is 84.9 Å². The van der Waals surface area contributed by atoms with E-state index in [1.165, 1.54) is 12.1 Å². The van der Waals surface area contributed by atoms with E-state index in [1.54, 1.807) is 17.0 Å². The maximum atomic E-state index is 13.3. The second kappa shape index (κ2) is 9.00. The molecule has 2 heterocycles. The molecule has 8 heteroatoms. The highest BCUT2D eigenvalue weighted by atomic mass is 32.2. The second-order valence-corrected chi connectivity index (χ2v) is 9.24. The van der Waals surface area contributed by atoms with Gasteiger partial charge in [0.2, 0.25) is 10.0 Å². The van der Waals surface area contributed by atoms with E-state index in [-0.39, 0.29) is 23.4 Å². The number of carbonyl (C=O) groups is 1. The van der Waals surface area contributed by atoms with Crippen molar-refractivity contribution in [3.63, 3.8) is 0 Å². The van der Waals surface area contributed by atoms with Gasteiger partial charge in [0.15, 0.2) is 11.5 Å². The third-order valence-electron chi connectivity index (χ3n) is 5.43. The van der Waals surface area contributed by atoms with Gasteiger partial charge in [-0.2, -0.15) is 4.72 Å². The third kappa shape index (κ3) is 4.53. The Morgan fingerprint density at radius 3 is 2.74 bits per heavy atom. The van der Waals surface area contributed by atoms with Gasteiger partial charge in [-0.1, -0.05) is 18.1 Å². The Morgan fingerprint density at radius 2 is 1.94 bits per heavy atom. The number of ether oxygens (including phenoxy) is 2. The van der Waals surface area contributed by atoms with Crippen molar-refractivity contribution in [2.24, 2.45) is 0 Å². The fourth-order valence-corrected chi connectivity index (χ4v) is 4.91. The third-order valence-corrected chi connectivity index (χ3v) is 6.82. The van der Waals surface area contributed by atoms with E-state index in [9.17, 15) is 13.2 Å². The lowest BCUT2D eigenvalue weighted by Crippen LogP contribution is -2.31. The van der Waals surface area contributed by atoms with Crippen LogP contribution < -0.4 is 14.2 Å². The molecule has 2 aliphatic rings. The molecule has 1 saturated heterocycles. The van der Waals surface area contributed by atoms with Crippen molar-refractivity contribution in [1.29, 1.82) is 0 Å². The van der Waals surface area contributed by atoms with E-state index in [2.05, 4.69) is 10.6 Å². The van der Waals surface area contributed by atoms with Gasteiger partial charge in [0.1, 0.15) is 0 Å². The molecule has 2 aromatic carbocycles. The molecule has 0 bridgehead atoms. The molecule has 0 saturated carbocycles. The standard InChI is InChI=1S/C23H24N2O5S/c1-2-11-24-31(27,28)19-7-3-6-18(15-19)23(26)25-12-4-8-20(25)17-9-10-21-22(16-17)30-14-5-13-29-21/h1,3,6-7,9-10,15-16,20,24H,4-5,8,11-14H2. The zero-order chi connectivity index (χ0) is 21.8. The molecule has 1 fully saturated rings. The van der Waals surface area contributed by atoms with Gasteiger partial charge >= 0.3 is 0 Å². The molecule has 2 aliphatic heterocycles. The van der Waals surface area contributed by atoms with Crippen molar-refractivity contribution in [1.82, 2.24) is 9.62 Å². The number of amides is 1. The molecule has 162 valence electrons. The summed E-state index contributed by atoms with van der Waals surface area (Å²) in [7, 11) is -3.78. The zero-order valence-corrected chi connectivity index (χ0v) is 17.9. The first-order valence-corrected chi connectivity index (χ1v) is 11.7. The van der Waals surface area contributed by atoms with Crippen LogP contribution in [0.5, 0.6) is 11.5 Å². The maximum absolute atomic E-state index is 13.3. The summed E-state index contributed by atoms with van der Waals surface area (Å²) in [6, 6.07) is 11.7. The Morgan fingerprint density at radius 1 is 1.13 bits per heavy atom. The number of fused-ring (bicyclic) bond motifs is 1. The number of sulfonamides is 1. The molecule has 31 heavy (non-hydrogen) atoms. The quantitative estimate of drug-likeness (QED) is 0.723. The number of benzene rings is 2. The summed E-state index contributed by atoms with van der Waals surface area (Å²) in [6.07, 6.45) is 7.66. The van der Waals surface area contributed by atoms with Gasteiger partial charge in [-0.3, -0.25) is 4.79 Å². The Hall–Kier alpha value is -3.02. The number of carbonyl (C=O) groups excluding carboxylic acids is 1. The molecule has 1 N–H and O–H groups in total. The normalized spacial score (nSPS) is 18.3. The van der Waals surface area contributed by atoms with E-state index >= 15 is 0 Å². The van der Waals surface area contributed by atoms with Gasteiger partial charge < -0.3 is 14.4 Å². The lowest BCUT2D eigenvalue weighted by Gasteiger charge is -2.26. The van der Waals surface area contributed by atoms with Crippen LogP contribution in [0.15, 0.2) is 47.4 Å². The number of nitrogens with one attached hydrogen (secondary N) is 1. The lowest BCUT2D eigenvalue weighted by atomic mass is 10.0. The Bertz CT molecular complexity index is 1120. The highest BCUT2D eigenvalue weighted by Gasteiger charge is 2.32. The van der Waals surface area contributed by atoms with Crippen LogP contribution in [-0.2, 0) is 10.0 Å². The fraction of sp³-hybridized carbons (Fsp3) is 0.348. The van der Waals surface area contributed by atoms with Gasteiger partial charge in [0, 0.05) is 18.5 Å². The number of hydrogen-bond donors (Lipinski definition) is 1. The number of hydrogen-bond acceptors (Lipinski definition) is 5. The molecule has 1 atom stereocenters. The highest BCUT2D eigenvalue weighted by molar-refractivity contribution is 7.89. The molecular formula is C23H24N2O5S. The molecular weight excluding hydrogens is 416 g/mol. The average molecular weight is 441 g/mol. The molecule has 0 aliphatic carbocycles. The smallest absolute Gasteiger partial charge is 0.254 e. The summed E-state index contributed by atoms with van der Waals surface area (Å²) in [5.74, 6) is 3.45. The number of likely N-dealkylation sites (tertiary alicyclic amines) is 1. The van der Waals surface area contributed by atoms with Crippen LogP contribution in [0.2, 0.25) is 0 Å². The molecule has 1 unspecified atom stereocenters. The molecule has 4 rings (SSSR count). The Labute approximate surface area is 182 Å². The van der Waals surface area contributed by atoms with Gasteiger partial charge in [-0.15, -0.1) is 6.42 Å². The van der Waals surface area contributed by atoms with E-state index in [4.69, 9.17) is 15.9 Å². The zero-order valence-electron chi connectivity index (χ0n) is 17.0. The van der Waals surface area contributed by atoms with Gasteiger partial charge in [0.05, 0.1) is 30.7 Å². The Kier molecular flexibility index (Phi) is 6.16. The van der Waals surface area contributed by atoms with Crippen molar-refractivity contribution < 1.29 is 22.7 Å². The summed E-state index contributed by atoms with van der Waals surface area (Å²) >= 11 is 0. The van der Waals surface area contributed by atoms with Gasteiger partial charge in [0.25, 0.3) is 5.91 Å². The van der Waals surface area contributed by atoms with E-state index in [0.717, 1.165) is 30.6 Å². The van der Waals surface area contributed by atoms with Crippen molar-refractivity contribution >= 4 is 15.9 Å². The van der Waals surface area contributed by atoms with Crippen molar-refractivity contribution in [3.8, 4) is 23.8 Å².